The molecule has 1 aromatic carbocycles. The Kier molecular flexibility index (Phi) is 8.17. The quantitative estimate of drug-likeness (QED) is 0.869. The van der Waals surface area contributed by atoms with Crippen LogP contribution in [0.5, 0.6) is 5.75 Å². The van der Waals surface area contributed by atoms with Crippen molar-refractivity contribution in [3.63, 3.8) is 0 Å². The van der Waals surface area contributed by atoms with Gasteiger partial charge in [0.2, 0.25) is 0 Å². The third kappa shape index (κ3) is 5.27. The van der Waals surface area contributed by atoms with Crippen molar-refractivity contribution in [2.75, 3.05) is 19.7 Å². The van der Waals surface area contributed by atoms with E-state index in [0.29, 0.717) is 35.4 Å². The SMILES string of the molecule is CCCOc1ccc(Cl)cc1C(=O)N1CCCC(C(C)N)C1.Cl. The van der Waals surface area contributed by atoms with Crippen molar-refractivity contribution in [3.05, 3.63) is 28.8 Å². The fourth-order valence-electron chi connectivity index (χ4n) is 2.80. The molecule has 4 nitrogen and oxygen atoms in total. The van der Waals surface area contributed by atoms with Gasteiger partial charge < -0.3 is 15.4 Å². The summed E-state index contributed by atoms with van der Waals surface area (Å²) in [5, 5.41) is 0.549. The van der Waals surface area contributed by atoms with Gasteiger partial charge in [-0.1, -0.05) is 18.5 Å². The van der Waals surface area contributed by atoms with E-state index < -0.39 is 0 Å². The molecule has 1 aliphatic rings. The summed E-state index contributed by atoms with van der Waals surface area (Å²) in [4.78, 5) is 14.7. The average Bonchev–Trinajstić information content (AvgIpc) is 2.53. The van der Waals surface area contributed by atoms with Crippen LogP contribution in [0.3, 0.4) is 0 Å². The van der Waals surface area contributed by atoms with E-state index in [9.17, 15) is 4.79 Å². The van der Waals surface area contributed by atoms with E-state index in [2.05, 4.69) is 0 Å². The molecule has 1 saturated heterocycles. The highest BCUT2D eigenvalue weighted by atomic mass is 35.5. The molecule has 6 heteroatoms. The van der Waals surface area contributed by atoms with Crippen LogP contribution in [0.25, 0.3) is 0 Å². The summed E-state index contributed by atoms with van der Waals surface area (Å²) in [6, 6.07) is 5.33. The highest BCUT2D eigenvalue weighted by Gasteiger charge is 2.28. The van der Waals surface area contributed by atoms with E-state index >= 15 is 0 Å². The van der Waals surface area contributed by atoms with Gasteiger partial charge in [0.1, 0.15) is 5.75 Å². The Morgan fingerprint density at radius 1 is 1.52 bits per heavy atom. The van der Waals surface area contributed by atoms with E-state index in [-0.39, 0.29) is 24.4 Å². The van der Waals surface area contributed by atoms with Crippen LogP contribution in [0, 0.1) is 5.92 Å². The molecule has 130 valence electrons. The zero-order valence-corrected chi connectivity index (χ0v) is 15.3. The van der Waals surface area contributed by atoms with E-state index in [1.807, 2.05) is 18.7 Å². The predicted octanol–water partition coefficient (Wildman–Crippen LogP) is 3.75. The molecule has 0 bridgehead atoms. The Hall–Kier alpha value is -0.970. The van der Waals surface area contributed by atoms with Crippen LogP contribution in [0.2, 0.25) is 5.02 Å². The van der Waals surface area contributed by atoms with Crippen LogP contribution < -0.4 is 10.5 Å². The minimum atomic E-state index is -0.0149. The highest BCUT2D eigenvalue weighted by molar-refractivity contribution is 6.31. The Labute approximate surface area is 149 Å². The standard InChI is InChI=1S/C17H25ClN2O2.ClH/c1-3-9-22-16-7-6-14(18)10-15(16)17(21)20-8-4-5-13(11-20)12(2)19;/h6-7,10,12-13H,3-5,8-9,11,19H2,1-2H3;1H. The third-order valence-corrected chi connectivity index (χ3v) is 4.36. The monoisotopic (exact) mass is 360 g/mol. The van der Waals surface area contributed by atoms with Gasteiger partial charge in [-0.05, 0) is 50.3 Å². The van der Waals surface area contributed by atoms with Crippen molar-refractivity contribution in [2.24, 2.45) is 11.7 Å². The fraction of sp³-hybridized carbons (Fsp3) is 0.588. The van der Waals surface area contributed by atoms with Crippen LogP contribution in [0.4, 0.5) is 0 Å². The van der Waals surface area contributed by atoms with Crippen molar-refractivity contribution >= 4 is 29.9 Å². The second-order valence-corrected chi connectivity index (χ2v) is 6.44. The van der Waals surface area contributed by atoms with Gasteiger partial charge in [-0.25, -0.2) is 0 Å². The molecule has 1 aromatic rings. The fourth-order valence-corrected chi connectivity index (χ4v) is 2.97. The Morgan fingerprint density at radius 2 is 2.26 bits per heavy atom. The largest absolute Gasteiger partial charge is 0.493 e. The molecule has 2 rings (SSSR count). The maximum Gasteiger partial charge on any atom is 0.257 e. The van der Waals surface area contributed by atoms with Crippen LogP contribution in [0.1, 0.15) is 43.5 Å². The molecule has 23 heavy (non-hydrogen) atoms. The van der Waals surface area contributed by atoms with Crippen molar-refractivity contribution < 1.29 is 9.53 Å². The number of hydrogen-bond donors (Lipinski definition) is 1. The molecule has 0 aliphatic carbocycles. The zero-order chi connectivity index (χ0) is 16.1. The lowest BCUT2D eigenvalue weighted by atomic mass is 9.92. The van der Waals surface area contributed by atoms with Gasteiger partial charge in [0.25, 0.3) is 5.91 Å². The molecule has 2 atom stereocenters. The van der Waals surface area contributed by atoms with Crippen molar-refractivity contribution in [2.45, 2.75) is 39.2 Å². The average molecular weight is 361 g/mol. The van der Waals surface area contributed by atoms with Crippen molar-refractivity contribution in [3.8, 4) is 5.75 Å². The number of carbonyl (C=O) groups is 1. The number of carbonyl (C=O) groups excluding carboxylic acids is 1. The lowest BCUT2D eigenvalue weighted by molar-refractivity contribution is 0.0656. The van der Waals surface area contributed by atoms with Gasteiger partial charge in [-0.2, -0.15) is 0 Å². The summed E-state index contributed by atoms with van der Waals surface area (Å²) in [5.74, 6) is 0.954. The molecule has 0 aromatic heterocycles. The third-order valence-electron chi connectivity index (χ3n) is 4.12. The van der Waals surface area contributed by atoms with Crippen LogP contribution in [-0.2, 0) is 0 Å². The van der Waals surface area contributed by atoms with Crippen LogP contribution >= 0.6 is 24.0 Å². The highest BCUT2D eigenvalue weighted by Crippen LogP contribution is 2.27. The maximum absolute atomic E-state index is 12.9. The topological polar surface area (TPSA) is 55.6 Å². The number of rotatable bonds is 5. The molecule has 0 spiro atoms. The summed E-state index contributed by atoms with van der Waals surface area (Å²) >= 11 is 6.07. The second-order valence-electron chi connectivity index (χ2n) is 6.00. The van der Waals surface area contributed by atoms with Crippen LogP contribution in [-0.4, -0.2) is 36.5 Å². The molecule has 1 heterocycles. The minimum Gasteiger partial charge on any atom is -0.493 e. The molecule has 1 amide bonds. The van der Waals surface area contributed by atoms with Crippen LogP contribution in [0.15, 0.2) is 18.2 Å². The number of likely N-dealkylation sites (tertiary alicyclic amines) is 1. The van der Waals surface area contributed by atoms with E-state index in [1.54, 1.807) is 18.2 Å². The molecule has 1 fully saturated rings. The van der Waals surface area contributed by atoms with E-state index in [0.717, 1.165) is 25.8 Å². The van der Waals surface area contributed by atoms with E-state index in [4.69, 9.17) is 22.1 Å². The molecular formula is C17H26Cl2N2O2. The van der Waals surface area contributed by atoms with Gasteiger partial charge >= 0.3 is 0 Å². The Morgan fingerprint density at radius 3 is 2.91 bits per heavy atom. The first kappa shape index (κ1) is 20.1. The number of nitrogens with two attached hydrogens (primary N) is 1. The number of hydrogen-bond acceptors (Lipinski definition) is 3. The molecule has 0 saturated carbocycles. The molecule has 2 N–H and O–H groups in total. The second kappa shape index (κ2) is 9.36. The first-order chi connectivity index (χ1) is 10.5. The minimum absolute atomic E-state index is 0. The summed E-state index contributed by atoms with van der Waals surface area (Å²) in [6.07, 6.45) is 2.96. The first-order valence-corrected chi connectivity index (χ1v) is 8.38. The normalized spacial score (nSPS) is 19.0. The number of ether oxygens (including phenoxy) is 1. The van der Waals surface area contributed by atoms with Crippen molar-refractivity contribution in [1.29, 1.82) is 0 Å². The molecule has 2 unspecified atom stereocenters. The number of piperidine rings is 1. The molecule has 1 aliphatic heterocycles. The van der Waals surface area contributed by atoms with E-state index in [1.165, 1.54) is 0 Å². The zero-order valence-electron chi connectivity index (χ0n) is 13.8. The van der Waals surface area contributed by atoms with Gasteiger partial charge in [0.05, 0.1) is 12.2 Å². The lowest BCUT2D eigenvalue weighted by Crippen LogP contribution is -2.45. The summed E-state index contributed by atoms with van der Waals surface area (Å²) in [7, 11) is 0. The van der Waals surface area contributed by atoms with Gasteiger partial charge in [-0.15, -0.1) is 12.4 Å². The Bertz CT molecular complexity index is 523. The van der Waals surface area contributed by atoms with Crippen molar-refractivity contribution in [1.82, 2.24) is 4.90 Å². The Balaban J connectivity index is 0.00000264. The van der Waals surface area contributed by atoms with Gasteiger partial charge in [0, 0.05) is 24.2 Å². The van der Waals surface area contributed by atoms with Gasteiger partial charge in [-0.3, -0.25) is 4.79 Å². The summed E-state index contributed by atoms with van der Waals surface area (Å²) < 4.78 is 5.70. The first-order valence-electron chi connectivity index (χ1n) is 8.00. The lowest BCUT2D eigenvalue weighted by Gasteiger charge is -2.35. The number of nitrogens with zero attached hydrogens (tertiary/aromatic N) is 1. The summed E-state index contributed by atoms with van der Waals surface area (Å²) in [5.41, 5.74) is 6.55. The number of amides is 1. The molecular weight excluding hydrogens is 335 g/mol. The summed E-state index contributed by atoms with van der Waals surface area (Å²) in [6.45, 7) is 6.10. The smallest absolute Gasteiger partial charge is 0.257 e. The predicted molar refractivity (Wildman–Crippen MR) is 96.8 cm³/mol. The number of halogens is 2. The van der Waals surface area contributed by atoms with Gasteiger partial charge in [0.15, 0.2) is 0 Å². The molecule has 0 radical (unpaired) electrons. The number of benzene rings is 1. The maximum atomic E-state index is 12.9.